The number of ketones is 1. The van der Waals surface area contributed by atoms with Gasteiger partial charge in [0.15, 0.2) is 5.78 Å². The number of benzene rings is 3. The normalized spacial score (nSPS) is 16.3. The Kier molecular flexibility index (Phi) is 5.10. The molecule has 2 nitrogen and oxygen atoms in total. The van der Waals surface area contributed by atoms with E-state index in [4.69, 9.17) is 0 Å². The lowest BCUT2D eigenvalue weighted by atomic mass is 9.82. The van der Waals surface area contributed by atoms with Crippen LogP contribution in [0.15, 0.2) is 96.7 Å². The van der Waals surface area contributed by atoms with Crippen LogP contribution in [0.1, 0.15) is 42.9 Å². The van der Waals surface area contributed by atoms with Crippen LogP contribution in [0.25, 0.3) is 0 Å². The maximum atomic E-state index is 13.2. The third-order valence-corrected chi connectivity index (χ3v) is 6.05. The molecule has 29 heavy (non-hydrogen) atoms. The molecular weight excluding hydrogens is 354 g/mol. The van der Waals surface area contributed by atoms with Gasteiger partial charge in [0, 0.05) is 42.3 Å². The molecule has 0 spiro atoms. The van der Waals surface area contributed by atoms with E-state index in [-0.39, 0.29) is 17.1 Å². The first kappa shape index (κ1) is 19.2. The van der Waals surface area contributed by atoms with Crippen LogP contribution in [-0.2, 0) is 10.2 Å². The van der Waals surface area contributed by atoms with Crippen LogP contribution < -0.4 is 4.90 Å². The Morgan fingerprint density at radius 3 is 1.93 bits per heavy atom. The molecule has 3 aromatic carbocycles. The molecule has 4 rings (SSSR count). The van der Waals surface area contributed by atoms with E-state index in [0.717, 1.165) is 5.70 Å². The number of para-hydroxylation sites is 1. The van der Waals surface area contributed by atoms with E-state index >= 15 is 0 Å². The number of fused-ring (bicyclic) bond motifs is 1. The fourth-order valence-electron chi connectivity index (χ4n) is 4.47. The monoisotopic (exact) mass is 381 g/mol. The summed E-state index contributed by atoms with van der Waals surface area (Å²) in [6.07, 6.45) is 2.32. The minimum absolute atomic E-state index is 0.0546. The third-order valence-electron chi connectivity index (χ3n) is 6.05. The van der Waals surface area contributed by atoms with Gasteiger partial charge in [-0.25, -0.2) is 0 Å². The SMILES string of the molecule is CN1C(=CC(=O)CC(c2ccccc2)c2ccccc2)C(C)(C)c2ccccc21. The number of hydrogen-bond donors (Lipinski definition) is 0. The van der Waals surface area contributed by atoms with Crippen molar-refractivity contribution in [2.24, 2.45) is 0 Å². The molecule has 0 aliphatic carbocycles. The lowest BCUT2D eigenvalue weighted by Crippen LogP contribution is -2.24. The van der Waals surface area contributed by atoms with E-state index in [1.54, 1.807) is 0 Å². The summed E-state index contributed by atoms with van der Waals surface area (Å²) in [4.78, 5) is 15.4. The molecule has 146 valence electrons. The Hall–Kier alpha value is -3.13. The highest BCUT2D eigenvalue weighted by atomic mass is 16.1. The highest BCUT2D eigenvalue weighted by molar-refractivity contribution is 5.93. The molecule has 2 heteroatoms. The van der Waals surface area contributed by atoms with Gasteiger partial charge >= 0.3 is 0 Å². The highest BCUT2D eigenvalue weighted by Crippen LogP contribution is 2.46. The smallest absolute Gasteiger partial charge is 0.158 e. The van der Waals surface area contributed by atoms with Crippen molar-refractivity contribution in [2.75, 3.05) is 11.9 Å². The summed E-state index contributed by atoms with van der Waals surface area (Å²) in [7, 11) is 2.05. The van der Waals surface area contributed by atoms with E-state index in [1.807, 2.05) is 42.5 Å². The van der Waals surface area contributed by atoms with Crippen LogP contribution >= 0.6 is 0 Å². The highest BCUT2D eigenvalue weighted by Gasteiger charge is 2.38. The van der Waals surface area contributed by atoms with Crippen LogP contribution in [0.2, 0.25) is 0 Å². The molecule has 0 aromatic heterocycles. The van der Waals surface area contributed by atoms with Gasteiger partial charge in [-0.05, 0) is 22.8 Å². The Labute approximate surface area is 173 Å². The summed E-state index contributed by atoms with van der Waals surface area (Å²) < 4.78 is 0. The van der Waals surface area contributed by atoms with Crippen LogP contribution in [0.4, 0.5) is 5.69 Å². The maximum Gasteiger partial charge on any atom is 0.158 e. The topological polar surface area (TPSA) is 20.3 Å². The minimum Gasteiger partial charge on any atom is -0.347 e. The average Bonchev–Trinajstić information content (AvgIpc) is 2.94. The number of rotatable bonds is 5. The number of carbonyl (C=O) groups excluding carboxylic acids is 1. The quantitative estimate of drug-likeness (QED) is 0.499. The van der Waals surface area contributed by atoms with Crippen LogP contribution in [0.3, 0.4) is 0 Å². The van der Waals surface area contributed by atoms with Crippen molar-refractivity contribution in [1.82, 2.24) is 0 Å². The molecule has 0 saturated heterocycles. The van der Waals surface area contributed by atoms with Crippen molar-refractivity contribution in [3.63, 3.8) is 0 Å². The van der Waals surface area contributed by atoms with Crippen molar-refractivity contribution in [3.8, 4) is 0 Å². The molecule has 3 aromatic rings. The molecule has 0 saturated carbocycles. The van der Waals surface area contributed by atoms with Gasteiger partial charge in [0.25, 0.3) is 0 Å². The lowest BCUT2D eigenvalue weighted by Gasteiger charge is -2.24. The molecule has 0 N–H and O–H groups in total. The minimum atomic E-state index is -0.185. The van der Waals surface area contributed by atoms with Crippen molar-refractivity contribution in [3.05, 3.63) is 113 Å². The number of anilines is 1. The van der Waals surface area contributed by atoms with Gasteiger partial charge in [0.2, 0.25) is 0 Å². The number of allylic oxidation sites excluding steroid dienone is 2. The fourth-order valence-corrected chi connectivity index (χ4v) is 4.47. The second-order valence-corrected chi connectivity index (χ2v) is 8.28. The zero-order valence-corrected chi connectivity index (χ0v) is 17.3. The molecule has 1 heterocycles. The number of likely N-dealkylation sites (N-methyl/N-ethyl adjacent to an activating group) is 1. The molecule has 0 bridgehead atoms. The Morgan fingerprint density at radius 2 is 1.38 bits per heavy atom. The largest absolute Gasteiger partial charge is 0.347 e. The van der Waals surface area contributed by atoms with E-state index in [1.165, 1.54) is 22.4 Å². The van der Waals surface area contributed by atoms with Crippen LogP contribution in [-0.4, -0.2) is 12.8 Å². The van der Waals surface area contributed by atoms with Crippen LogP contribution in [0.5, 0.6) is 0 Å². The second kappa shape index (κ2) is 7.71. The predicted octanol–water partition coefficient (Wildman–Crippen LogP) is 6.09. The average molecular weight is 382 g/mol. The zero-order valence-electron chi connectivity index (χ0n) is 17.3. The third kappa shape index (κ3) is 3.63. The summed E-state index contributed by atoms with van der Waals surface area (Å²) in [5.74, 6) is 0.212. The van der Waals surface area contributed by atoms with Crippen molar-refractivity contribution < 1.29 is 4.79 Å². The van der Waals surface area contributed by atoms with Crippen molar-refractivity contribution in [1.29, 1.82) is 0 Å². The first-order chi connectivity index (χ1) is 14.0. The summed E-state index contributed by atoms with van der Waals surface area (Å²) in [6, 6.07) is 29.0. The zero-order chi connectivity index (χ0) is 20.4. The Bertz CT molecular complexity index is 995. The van der Waals surface area contributed by atoms with Gasteiger partial charge in [0.1, 0.15) is 0 Å². The summed E-state index contributed by atoms with van der Waals surface area (Å²) >= 11 is 0. The number of nitrogens with zero attached hydrogens (tertiary/aromatic N) is 1. The van der Waals surface area contributed by atoms with Crippen LogP contribution in [0, 0.1) is 0 Å². The molecule has 0 radical (unpaired) electrons. The van der Waals surface area contributed by atoms with Gasteiger partial charge < -0.3 is 4.90 Å². The van der Waals surface area contributed by atoms with Gasteiger partial charge in [-0.1, -0.05) is 92.7 Å². The molecule has 0 unspecified atom stereocenters. The standard InChI is InChI=1S/C27H27NO/c1-27(2)24-16-10-11-17-25(24)28(3)26(27)19-22(29)18-23(20-12-6-4-7-13-20)21-14-8-5-9-15-21/h4-17,19,23H,18H2,1-3H3. The van der Waals surface area contributed by atoms with Gasteiger partial charge in [-0.2, -0.15) is 0 Å². The Balaban J connectivity index is 1.66. The summed E-state index contributed by atoms with van der Waals surface area (Å²) in [5, 5.41) is 0. The molecular formula is C27H27NO. The maximum absolute atomic E-state index is 13.2. The lowest BCUT2D eigenvalue weighted by molar-refractivity contribution is -0.114. The number of carbonyl (C=O) groups is 1. The van der Waals surface area contributed by atoms with E-state index in [9.17, 15) is 4.79 Å². The van der Waals surface area contributed by atoms with Crippen molar-refractivity contribution >= 4 is 11.5 Å². The second-order valence-electron chi connectivity index (χ2n) is 8.28. The van der Waals surface area contributed by atoms with E-state index < -0.39 is 0 Å². The van der Waals surface area contributed by atoms with Gasteiger partial charge in [-0.3, -0.25) is 4.79 Å². The van der Waals surface area contributed by atoms with E-state index in [2.05, 4.69) is 74.3 Å². The van der Waals surface area contributed by atoms with E-state index in [0.29, 0.717) is 6.42 Å². The number of hydrogen-bond acceptors (Lipinski definition) is 2. The van der Waals surface area contributed by atoms with Crippen molar-refractivity contribution in [2.45, 2.75) is 31.6 Å². The Morgan fingerprint density at radius 1 is 0.862 bits per heavy atom. The molecule has 0 amide bonds. The van der Waals surface area contributed by atoms with Gasteiger partial charge in [-0.15, -0.1) is 0 Å². The first-order valence-electron chi connectivity index (χ1n) is 10.2. The predicted molar refractivity (Wildman–Crippen MR) is 120 cm³/mol. The van der Waals surface area contributed by atoms with Gasteiger partial charge in [0.05, 0.1) is 0 Å². The molecule has 1 aliphatic rings. The fraction of sp³-hybridized carbons (Fsp3) is 0.222. The molecule has 0 fully saturated rings. The first-order valence-corrected chi connectivity index (χ1v) is 10.2. The molecule has 0 atom stereocenters. The summed E-state index contributed by atoms with van der Waals surface area (Å²) in [5.41, 5.74) is 5.67. The summed E-state index contributed by atoms with van der Waals surface area (Å²) in [6.45, 7) is 4.39. The molecule has 1 aliphatic heterocycles.